The number of aromatic nitrogens is 2. The van der Waals surface area contributed by atoms with Gasteiger partial charge in [0.2, 0.25) is 0 Å². The van der Waals surface area contributed by atoms with Crippen molar-refractivity contribution in [1.29, 1.82) is 0 Å². The molecule has 0 bridgehead atoms. The minimum absolute atomic E-state index is 0.764. The Kier molecular flexibility index (Phi) is 14.4. The van der Waals surface area contributed by atoms with Crippen molar-refractivity contribution in [3.8, 4) is 0 Å². The van der Waals surface area contributed by atoms with Crippen LogP contribution < -0.4 is 0 Å². The van der Waals surface area contributed by atoms with E-state index in [-0.39, 0.29) is 0 Å². The summed E-state index contributed by atoms with van der Waals surface area (Å²) >= 11 is 2.20. The summed E-state index contributed by atoms with van der Waals surface area (Å²) in [6, 6.07) is 0. The predicted molar refractivity (Wildman–Crippen MR) is 110 cm³/mol. The number of imidazole rings is 1. The van der Waals surface area contributed by atoms with E-state index in [1.165, 1.54) is 89.2 Å². The summed E-state index contributed by atoms with van der Waals surface area (Å²) in [6.45, 7) is 5.72. The lowest BCUT2D eigenvalue weighted by atomic mass is 10.1. The van der Waals surface area contributed by atoms with Crippen molar-refractivity contribution in [3.05, 3.63) is 18.7 Å². The summed E-state index contributed by atoms with van der Waals surface area (Å²) in [4.78, 5) is 4.19. The van der Waals surface area contributed by atoms with Gasteiger partial charge in [-0.05, 0) is 18.6 Å². The van der Waals surface area contributed by atoms with Gasteiger partial charge in [0.25, 0.3) is 0 Å². The smallest absolute Gasteiger partial charge is 0.0946 e. The van der Waals surface area contributed by atoms with Crippen molar-refractivity contribution in [2.45, 2.75) is 109 Å². The number of rotatable bonds is 17. The van der Waals surface area contributed by atoms with Gasteiger partial charge in [-0.25, -0.2) is 4.98 Å². The molecule has 0 radical (unpaired) electrons. The number of thioether (sulfide) groups is 1. The Balaban J connectivity index is 2.09. The molecular weight excluding hydrogens is 312 g/mol. The molecule has 1 aromatic heterocycles. The van der Waals surface area contributed by atoms with Crippen LogP contribution in [-0.2, 0) is 6.54 Å². The second-order valence-corrected chi connectivity index (χ2v) is 8.48. The van der Waals surface area contributed by atoms with Gasteiger partial charge < -0.3 is 4.57 Å². The van der Waals surface area contributed by atoms with Crippen molar-refractivity contribution in [2.24, 2.45) is 0 Å². The Hall–Kier alpha value is -0.440. The first-order chi connectivity index (χ1) is 11.9. The van der Waals surface area contributed by atoms with Crippen LogP contribution in [0, 0.1) is 0 Å². The monoisotopic (exact) mass is 352 g/mol. The summed E-state index contributed by atoms with van der Waals surface area (Å²) in [5.74, 6) is 1.34. The normalized spacial score (nSPS) is 12.6. The van der Waals surface area contributed by atoms with Gasteiger partial charge in [-0.2, -0.15) is 11.8 Å². The van der Waals surface area contributed by atoms with Gasteiger partial charge in [0, 0.05) is 24.2 Å². The fourth-order valence-corrected chi connectivity index (χ4v) is 4.46. The van der Waals surface area contributed by atoms with Crippen molar-refractivity contribution < 1.29 is 0 Å². The summed E-state index contributed by atoms with van der Waals surface area (Å²) in [6.07, 6.45) is 24.2. The van der Waals surface area contributed by atoms with Crippen LogP contribution in [0.2, 0.25) is 0 Å². The summed E-state index contributed by atoms with van der Waals surface area (Å²) < 4.78 is 2.26. The fourth-order valence-electron chi connectivity index (χ4n) is 3.14. The Morgan fingerprint density at radius 1 is 0.833 bits per heavy atom. The quantitative estimate of drug-likeness (QED) is 0.278. The van der Waals surface area contributed by atoms with E-state index in [9.17, 15) is 0 Å². The van der Waals surface area contributed by atoms with Gasteiger partial charge in [0.1, 0.15) is 0 Å². The summed E-state index contributed by atoms with van der Waals surface area (Å²) in [5, 5.41) is 0.764. The molecule has 1 unspecified atom stereocenters. The first kappa shape index (κ1) is 21.6. The Morgan fingerprint density at radius 2 is 1.46 bits per heavy atom. The van der Waals surface area contributed by atoms with Gasteiger partial charge in [-0.1, -0.05) is 84.5 Å². The Labute approximate surface area is 155 Å². The summed E-state index contributed by atoms with van der Waals surface area (Å²) in [7, 11) is 0. The largest absolute Gasteiger partial charge is 0.336 e. The average molecular weight is 353 g/mol. The lowest BCUT2D eigenvalue weighted by molar-refractivity contribution is 0.567. The first-order valence-corrected chi connectivity index (χ1v) is 11.5. The van der Waals surface area contributed by atoms with Crippen LogP contribution in [0.25, 0.3) is 0 Å². The molecule has 0 aliphatic carbocycles. The highest BCUT2D eigenvalue weighted by atomic mass is 32.2. The van der Waals surface area contributed by atoms with E-state index >= 15 is 0 Å². The van der Waals surface area contributed by atoms with Crippen LogP contribution in [0.1, 0.15) is 97.3 Å². The molecule has 0 saturated heterocycles. The molecule has 1 aromatic rings. The van der Waals surface area contributed by atoms with Crippen molar-refractivity contribution in [1.82, 2.24) is 9.55 Å². The third-order valence-corrected chi connectivity index (χ3v) is 6.09. The van der Waals surface area contributed by atoms with Gasteiger partial charge in [0.05, 0.1) is 6.33 Å². The molecule has 2 nitrogen and oxygen atoms in total. The van der Waals surface area contributed by atoms with E-state index in [2.05, 4.69) is 41.4 Å². The second-order valence-electron chi connectivity index (χ2n) is 7.08. The number of hydrogen-bond acceptors (Lipinski definition) is 2. The van der Waals surface area contributed by atoms with Gasteiger partial charge in [0.15, 0.2) is 0 Å². The maximum atomic E-state index is 4.19. The highest BCUT2D eigenvalue weighted by Crippen LogP contribution is 2.22. The van der Waals surface area contributed by atoms with Gasteiger partial charge >= 0.3 is 0 Å². The summed E-state index contributed by atoms with van der Waals surface area (Å²) in [5.41, 5.74) is 0. The number of unbranched alkanes of at least 4 members (excludes halogenated alkanes) is 10. The lowest BCUT2D eigenvalue weighted by Crippen LogP contribution is -2.13. The predicted octanol–water partition coefficient (Wildman–Crippen LogP) is 7.10. The van der Waals surface area contributed by atoms with Crippen LogP contribution in [-0.4, -0.2) is 20.6 Å². The third-order valence-electron chi connectivity index (χ3n) is 4.70. The molecule has 0 N–H and O–H groups in total. The first-order valence-electron chi connectivity index (χ1n) is 10.4. The molecule has 1 atom stereocenters. The third kappa shape index (κ3) is 12.0. The molecule has 24 heavy (non-hydrogen) atoms. The standard InChI is InChI=1S/C21H40N2S/c1-3-5-7-9-10-11-12-14-18-24-21(15-13-8-6-4-2)19-23-17-16-22-20-23/h16-17,20-21H,3-15,18-19H2,1-2H3. The Bertz CT molecular complexity index is 351. The molecule has 0 amide bonds. The topological polar surface area (TPSA) is 17.8 Å². The van der Waals surface area contributed by atoms with Crippen LogP contribution in [0.5, 0.6) is 0 Å². The fraction of sp³-hybridized carbons (Fsp3) is 0.857. The lowest BCUT2D eigenvalue weighted by Gasteiger charge is -2.17. The molecule has 0 aliphatic heterocycles. The minimum atomic E-state index is 0.764. The molecule has 0 aromatic carbocycles. The van der Waals surface area contributed by atoms with Crippen molar-refractivity contribution in [2.75, 3.05) is 5.75 Å². The van der Waals surface area contributed by atoms with E-state index < -0.39 is 0 Å². The SMILES string of the molecule is CCCCCCCCCCSC(CCCCCC)Cn1ccnc1. The van der Waals surface area contributed by atoms with Crippen LogP contribution in [0.15, 0.2) is 18.7 Å². The zero-order valence-electron chi connectivity index (χ0n) is 16.2. The van der Waals surface area contributed by atoms with Crippen molar-refractivity contribution >= 4 is 11.8 Å². The van der Waals surface area contributed by atoms with Gasteiger partial charge in [-0.3, -0.25) is 0 Å². The average Bonchev–Trinajstić information content (AvgIpc) is 3.10. The zero-order valence-corrected chi connectivity index (χ0v) is 17.0. The number of hydrogen-bond donors (Lipinski definition) is 0. The zero-order chi connectivity index (χ0) is 17.3. The maximum Gasteiger partial charge on any atom is 0.0946 e. The van der Waals surface area contributed by atoms with Gasteiger partial charge in [-0.15, -0.1) is 0 Å². The second kappa shape index (κ2) is 16.1. The van der Waals surface area contributed by atoms with Crippen molar-refractivity contribution in [3.63, 3.8) is 0 Å². The van der Waals surface area contributed by atoms with Crippen LogP contribution in [0.3, 0.4) is 0 Å². The van der Waals surface area contributed by atoms with Crippen LogP contribution in [0.4, 0.5) is 0 Å². The van der Waals surface area contributed by atoms with E-state index in [4.69, 9.17) is 0 Å². The van der Waals surface area contributed by atoms with E-state index in [1.54, 1.807) is 0 Å². The highest BCUT2D eigenvalue weighted by molar-refractivity contribution is 7.99. The van der Waals surface area contributed by atoms with E-state index in [0.717, 1.165) is 11.8 Å². The maximum absolute atomic E-state index is 4.19. The molecule has 1 rings (SSSR count). The molecule has 140 valence electrons. The Morgan fingerprint density at radius 3 is 2.08 bits per heavy atom. The van der Waals surface area contributed by atoms with Crippen LogP contribution >= 0.6 is 11.8 Å². The molecule has 3 heteroatoms. The number of nitrogens with zero attached hydrogens (tertiary/aromatic N) is 2. The van der Waals surface area contributed by atoms with E-state index in [1.807, 2.05) is 12.5 Å². The molecule has 0 saturated carbocycles. The molecule has 1 heterocycles. The van der Waals surface area contributed by atoms with E-state index in [0.29, 0.717) is 0 Å². The molecule has 0 fully saturated rings. The minimum Gasteiger partial charge on any atom is -0.336 e. The highest BCUT2D eigenvalue weighted by Gasteiger charge is 2.10. The molecular formula is C21H40N2S. The molecule has 0 spiro atoms. The molecule has 0 aliphatic rings.